The average Bonchev–Trinajstić information content (AvgIpc) is 2.63. The summed E-state index contributed by atoms with van der Waals surface area (Å²) in [6.07, 6.45) is 2.59. The molecule has 0 amide bonds. The fourth-order valence-electron chi connectivity index (χ4n) is 3.82. The first-order valence-electron chi connectivity index (χ1n) is 9.69. The zero-order chi connectivity index (χ0) is 21.9. The van der Waals surface area contributed by atoms with Crippen molar-refractivity contribution in [3.05, 3.63) is 52.6 Å². The van der Waals surface area contributed by atoms with E-state index in [0.29, 0.717) is 11.5 Å². The Bertz CT molecular complexity index is 928. The average molecular weight is 398 g/mol. The Morgan fingerprint density at radius 3 is 2.38 bits per heavy atom. The number of phenols is 1. The highest BCUT2D eigenvalue weighted by molar-refractivity contribution is 5.95. The number of rotatable bonds is 8. The quantitative estimate of drug-likeness (QED) is 0.546. The van der Waals surface area contributed by atoms with E-state index in [1.54, 1.807) is 25.1 Å². The summed E-state index contributed by atoms with van der Waals surface area (Å²) in [5.74, 6) is -0.00864. The van der Waals surface area contributed by atoms with Crippen LogP contribution in [0.5, 0.6) is 23.0 Å². The third-order valence-corrected chi connectivity index (χ3v) is 5.10. The van der Waals surface area contributed by atoms with Gasteiger partial charge in [-0.1, -0.05) is 39.5 Å². The van der Waals surface area contributed by atoms with E-state index in [1.165, 1.54) is 7.11 Å². The first kappa shape index (κ1) is 22.3. The van der Waals surface area contributed by atoms with Crippen molar-refractivity contribution in [2.24, 2.45) is 5.92 Å². The van der Waals surface area contributed by atoms with E-state index in [4.69, 9.17) is 9.47 Å². The Morgan fingerprint density at radius 2 is 1.86 bits per heavy atom. The number of aromatic carboxylic acids is 1. The van der Waals surface area contributed by atoms with Gasteiger partial charge in [-0.3, -0.25) is 0 Å². The highest BCUT2D eigenvalue weighted by Gasteiger charge is 2.26. The van der Waals surface area contributed by atoms with Crippen molar-refractivity contribution in [1.29, 1.82) is 0 Å². The molecule has 0 aliphatic heterocycles. The molecular formula is C24H30O5. The van der Waals surface area contributed by atoms with Crippen molar-refractivity contribution >= 4 is 12.0 Å². The third-order valence-electron chi connectivity index (χ3n) is 5.10. The van der Waals surface area contributed by atoms with Gasteiger partial charge in [0, 0.05) is 5.56 Å². The standard InChI is InChI=1S/C24H30O5/c1-8-17-15(5)12-19(25)22(16(17)6)29-20-10-9-18(14(4)11-13(2)3)23(28-7)21(20)24(26)27/h8-10,12-14,25H,1,11H2,2-7H3,(H,26,27)/t14-/m0/s1. The summed E-state index contributed by atoms with van der Waals surface area (Å²) in [7, 11) is 1.46. The van der Waals surface area contributed by atoms with Crippen LogP contribution in [-0.2, 0) is 0 Å². The molecule has 1 atom stereocenters. The van der Waals surface area contributed by atoms with Crippen molar-refractivity contribution < 1.29 is 24.5 Å². The van der Waals surface area contributed by atoms with Gasteiger partial charge in [0.15, 0.2) is 11.5 Å². The highest BCUT2D eigenvalue weighted by atomic mass is 16.5. The van der Waals surface area contributed by atoms with Gasteiger partial charge in [0.1, 0.15) is 17.1 Å². The number of methoxy groups -OCH3 is 1. The number of carboxylic acids is 1. The summed E-state index contributed by atoms with van der Waals surface area (Å²) < 4.78 is 11.4. The van der Waals surface area contributed by atoms with Gasteiger partial charge in [0.05, 0.1) is 7.11 Å². The van der Waals surface area contributed by atoms with E-state index in [1.807, 2.05) is 13.0 Å². The Balaban J connectivity index is 2.63. The molecule has 0 aliphatic rings. The number of hydrogen-bond donors (Lipinski definition) is 2. The zero-order valence-electron chi connectivity index (χ0n) is 18.0. The molecule has 5 heteroatoms. The Kier molecular flexibility index (Phi) is 6.96. The zero-order valence-corrected chi connectivity index (χ0v) is 18.0. The van der Waals surface area contributed by atoms with Crippen LogP contribution >= 0.6 is 0 Å². The molecule has 0 spiro atoms. The molecular weight excluding hydrogens is 368 g/mol. The summed E-state index contributed by atoms with van der Waals surface area (Å²) >= 11 is 0. The predicted molar refractivity (Wildman–Crippen MR) is 116 cm³/mol. The molecule has 0 unspecified atom stereocenters. The largest absolute Gasteiger partial charge is 0.504 e. The molecule has 2 rings (SSSR count). The number of hydrogen-bond acceptors (Lipinski definition) is 4. The fourth-order valence-corrected chi connectivity index (χ4v) is 3.82. The lowest BCUT2D eigenvalue weighted by Gasteiger charge is -2.21. The second-order valence-corrected chi connectivity index (χ2v) is 7.78. The van der Waals surface area contributed by atoms with Gasteiger partial charge >= 0.3 is 5.97 Å². The van der Waals surface area contributed by atoms with Crippen LogP contribution in [0.1, 0.15) is 65.7 Å². The molecule has 5 nitrogen and oxygen atoms in total. The highest BCUT2D eigenvalue weighted by Crippen LogP contribution is 2.43. The molecule has 2 aromatic carbocycles. The molecule has 156 valence electrons. The molecule has 0 aliphatic carbocycles. The maximum atomic E-state index is 12.1. The minimum Gasteiger partial charge on any atom is -0.504 e. The number of benzene rings is 2. The maximum Gasteiger partial charge on any atom is 0.343 e. The number of carboxylic acid groups (broad SMARTS) is 1. The van der Waals surface area contributed by atoms with Crippen molar-refractivity contribution in [3.63, 3.8) is 0 Å². The van der Waals surface area contributed by atoms with Gasteiger partial charge < -0.3 is 19.7 Å². The van der Waals surface area contributed by atoms with E-state index in [-0.39, 0.29) is 34.5 Å². The molecule has 2 N–H and O–H groups in total. The summed E-state index contributed by atoms with van der Waals surface area (Å²) in [5, 5.41) is 20.3. The van der Waals surface area contributed by atoms with Crippen LogP contribution in [0.3, 0.4) is 0 Å². The number of aromatic hydroxyl groups is 1. The molecule has 0 saturated carbocycles. The lowest BCUT2D eigenvalue weighted by molar-refractivity contribution is 0.0690. The molecule has 0 bridgehead atoms. The van der Waals surface area contributed by atoms with Crippen LogP contribution in [0.15, 0.2) is 24.8 Å². The smallest absolute Gasteiger partial charge is 0.343 e. The fraction of sp³-hybridized carbons (Fsp3) is 0.375. The topological polar surface area (TPSA) is 76.0 Å². The van der Waals surface area contributed by atoms with Crippen molar-refractivity contribution in [1.82, 2.24) is 0 Å². The van der Waals surface area contributed by atoms with Crippen LogP contribution < -0.4 is 9.47 Å². The first-order chi connectivity index (χ1) is 13.6. The van der Waals surface area contributed by atoms with Crippen LogP contribution in [-0.4, -0.2) is 23.3 Å². The summed E-state index contributed by atoms with van der Waals surface area (Å²) in [6, 6.07) is 5.04. The SMILES string of the molecule is C=Cc1c(C)cc(O)c(Oc2ccc([C@@H](C)CC(C)C)c(OC)c2C(=O)O)c1C. The third kappa shape index (κ3) is 4.56. The monoisotopic (exact) mass is 398 g/mol. The van der Waals surface area contributed by atoms with Crippen LogP contribution in [0.2, 0.25) is 0 Å². The number of phenolic OH excluding ortho intramolecular Hbond substituents is 1. The Hall–Kier alpha value is -2.95. The Labute approximate surface area is 172 Å². The number of ether oxygens (including phenoxy) is 2. The first-order valence-corrected chi connectivity index (χ1v) is 9.69. The lowest BCUT2D eigenvalue weighted by atomic mass is 9.90. The van der Waals surface area contributed by atoms with Crippen LogP contribution in [0.25, 0.3) is 6.08 Å². The van der Waals surface area contributed by atoms with E-state index >= 15 is 0 Å². The van der Waals surface area contributed by atoms with Crippen LogP contribution in [0, 0.1) is 19.8 Å². The van der Waals surface area contributed by atoms with E-state index < -0.39 is 5.97 Å². The van der Waals surface area contributed by atoms with Crippen LogP contribution in [0.4, 0.5) is 0 Å². The van der Waals surface area contributed by atoms with Gasteiger partial charge in [0.2, 0.25) is 0 Å². The van der Waals surface area contributed by atoms with Gasteiger partial charge in [-0.15, -0.1) is 0 Å². The number of carbonyl (C=O) groups is 1. The second-order valence-electron chi connectivity index (χ2n) is 7.78. The molecule has 0 saturated heterocycles. The maximum absolute atomic E-state index is 12.1. The minimum atomic E-state index is -1.15. The number of aryl methyl sites for hydroxylation is 1. The summed E-state index contributed by atoms with van der Waals surface area (Å²) in [4.78, 5) is 12.1. The second kappa shape index (κ2) is 9.03. The van der Waals surface area contributed by atoms with E-state index in [0.717, 1.165) is 23.1 Å². The van der Waals surface area contributed by atoms with Crippen molar-refractivity contribution in [2.45, 2.75) is 47.0 Å². The van der Waals surface area contributed by atoms with Gasteiger partial charge in [-0.05, 0) is 60.9 Å². The van der Waals surface area contributed by atoms with Gasteiger partial charge in [0.25, 0.3) is 0 Å². The predicted octanol–water partition coefficient (Wildman–Crippen LogP) is 6.30. The van der Waals surface area contributed by atoms with Gasteiger partial charge in [-0.2, -0.15) is 0 Å². The van der Waals surface area contributed by atoms with Crippen molar-refractivity contribution in [3.8, 4) is 23.0 Å². The minimum absolute atomic E-state index is 0.0554. The Morgan fingerprint density at radius 1 is 1.21 bits per heavy atom. The molecule has 2 aromatic rings. The summed E-state index contributed by atoms with van der Waals surface area (Å²) in [5.41, 5.74) is 3.15. The van der Waals surface area contributed by atoms with Gasteiger partial charge in [-0.25, -0.2) is 4.79 Å². The van der Waals surface area contributed by atoms with E-state index in [2.05, 4.69) is 27.4 Å². The normalized spacial score (nSPS) is 12.0. The molecule has 0 heterocycles. The molecule has 29 heavy (non-hydrogen) atoms. The molecule has 0 aromatic heterocycles. The van der Waals surface area contributed by atoms with Crippen molar-refractivity contribution in [2.75, 3.05) is 7.11 Å². The molecule has 0 radical (unpaired) electrons. The molecule has 0 fully saturated rings. The van der Waals surface area contributed by atoms with E-state index in [9.17, 15) is 15.0 Å². The lowest BCUT2D eigenvalue weighted by Crippen LogP contribution is -2.09. The summed E-state index contributed by atoms with van der Waals surface area (Å²) in [6.45, 7) is 13.8.